The van der Waals surface area contributed by atoms with Crippen LogP contribution in [0.4, 0.5) is 0 Å². The number of carbonyl (C=O) groups excluding carboxylic acids is 1. The van der Waals surface area contributed by atoms with E-state index in [1.54, 1.807) is 6.08 Å². The molecule has 0 aromatic carbocycles. The predicted octanol–water partition coefficient (Wildman–Crippen LogP) is 12.0. The van der Waals surface area contributed by atoms with Gasteiger partial charge in [0.1, 0.15) is 24.4 Å². The highest BCUT2D eigenvalue weighted by atomic mass is 16.7. The molecule has 1 heterocycles. The summed E-state index contributed by atoms with van der Waals surface area (Å²) < 4.78 is 11.2. The third-order valence-corrected chi connectivity index (χ3v) is 12.5. The highest BCUT2D eigenvalue weighted by molar-refractivity contribution is 5.76. The summed E-state index contributed by atoms with van der Waals surface area (Å²) in [6.07, 6.45) is 47.7. The Morgan fingerprint density at radius 2 is 0.952 bits per heavy atom. The minimum absolute atomic E-state index is 0.190. The molecule has 0 aliphatic carbocycles. The average Bonchev–Trinajstić information content (AvgIpc) is 3.27. The lowest BCUT2D eigenvalue weighted by molar-refractivity contribution is -0.302. The summed E-state index contributed by atoms with van der Waals surface area (Å²) in [4.78, 5) is 13.0. The molecule has 0 saturated carbocycles. The molecule has 0 aromatic rings. The third-order valence-electron chi connectivity index (χ3n) is 12.5. The number of aliphatic hydroxyl groups is 5. The Morgan fingerprint density at radius 1 is 0.548 bits per heavy atom. The molecule has 1 amide bonds. The van der Waals surface area contributed by atoms with Crippen LogP contribution in [0.3, 0.4) is 0 Å². The minimum Gasteiger partial charge on any atom is -0.394 e. The van der Waals surface area contributed by atoms with Gasteiger partial charge in [-0.2, -0.15) is 0 Å². The van der Waals surface area contributed by atoms with Crippen LogP contribution < -0.4 is 5.32 Å². The molecule has 1 rings (SSSR count). The largest absolute Gasteiger partial charge is 0.394 e. The summed E-state index contributed by atoms with van der Waals surface area (Å²) in [6.45, 7) is 3.75. The molecule has 62 heavy (non-hydrogen) atoms. The van der Waals surface area contributed by atoms with Gasteiger partial charge < -0.3 is 40.3 Å². The van der Waals surface area contributed by atoms with E-state index in [9.17, 15) is 30.3 Å². The first-order valence-corrected chi connectivity index (χ1v) is 26.2. The predicted molar refractivity (Wildman–Crippen MR) is 258 cm³/mol. The van der Waals surface area contributed by atoms with Gasteiger partial charge in [-0.15, -0.1) is 0 Å². The van der Waals surface area contributed by atoms with Crippen LogP contribution in [0, 0.1) is 0 Å². The fourth-order valence-corrected chi connectivity index (χ4v) is 8.25. The van der Waals surface area contributed by atoms with E-state index in [1.807, 2.05) is 6.08 Å². The van der Waals surface area contributed by atoms with Gasteiger partial charge in [-0.05, 0) is 51.4 Å². The van der Waals surface area contributed by atoms with Crippen molar-refractivity contribution in [2.75, 3.05) is 13.2 Å². The SMILES string of the molecule is CCCCC/C=C\C/C=C\CCCCCCCC(=O)NC(COC1OC(CO)C(O)C(O)C1O)C(O)/C=C/CCCCCCCCCCCCCCCCCCCCCCCC. The minimum atomic E-state index is -1.57. The number of amides is 1. The molecule has 9 heteroatoms. The summed E-state index contributed by atoms with van der Waals surface area (Å²) in [5.41, 5.74) is 0. The first kappa shape index (κ1) is 58.4. The molecular formula is C53H99NO8. The van der Waals surface area contributed by atoms with E-state index >= 15 is 0 Å². The summed E-state index contributed by atoms with van der Waals surface area (Å²) in [6, 6.07) is -0.811. The normalized spacial score (nSPS) is 20.5. The highest BCUT2D eigenvalue weighted by Crippen LogP contribution is 2.23. The molecule has 1 aliphatic rings. The number of allylic oxidation sites excluding steroid dienone is 5. The second-order valence-electron chi connectivity index (χ2n) is 18.3. The van der Waals surface area contributed by atoms with Gasteiger partial charge in [-0.1, -0.05) is 217 Å². The first-order chi connectivity index (χ1) is 30.3. The van der Waals surface area contributed by atoms with Crippen LogP contribution in [0.25, 0.3) is 0 Å². The lowest BCUT2D eigenvalue weighted by Gasteiger charge is -2.40. The number of nitrogens with one attached hydrogen (secondary N) is 1. The Balaban J connectivity index is 2.27. The molecule has 7 atom stereocenters. The van der Waals surface area contributed by atoms with Crippen molar-refractivity contribution in [1.82, 2.24) is 5.32 Å². The Kier molecular flexibility index (Phi) is 40.8. The number of carbonyl (C=O) groups is 1. The number of hydrogen-bond donors (Lipinski definition) is 6. The van der Waals surface area contributed by atoms with E-state index in [0.29, 0.717) is 6.42 Å². The Morgan fingerprint density at radius 3 is 1.42 bits per heavy atom. The van der Waals surface area contributed by atoms with Crippen LogP contribution in [0.5, 0.6) is 0 Å². The van der Waals surface area contributed by atoms with Crippen LogP contribution in [-0.2, 0) is 14.3 Å². The van der Waals surface area contributed by atoms with E-state index in [0.717, 1.165) is 64.2 Å². The summed E-state index contributed by atoms with van der Waals surface area (Å²) in [5, 5.41) is 54.3. The molecule has 1 aliphatic heterocycles. The fraction of sp³-hybridized carbons (Fsp3) is 0.868. The van der Waals surface area contributed by atoms with Crippen molar-refractivity contribution in [3.63, 3.8) is 0 Å². The molecule has 6 N–H and O–H groups in total. The molecule has 0 bridgehead atoms. The van der Waals surface area contributed by atoms with Gasteiger partial charge in [-0.25, -0.2) is 0 Å². The van der Waals surface area contributed by atoms with E-state index in [1.165, 1.54) is 154 Å². The molecule has 1 fully saturated rings. The van der Waals surface area contributed by atoms with Crippen LogP contribution in [0.15, 0.2) is 36.5 Å². The number of aliphatic hydroxyl groups excluding tert-OH is 5. The number of hydrogen-bond acceptors (Lipinski definition) is 8. The zero-order valence-electron chi connectivity index (χ0n) is 40.1. The van der Waals surface area contributed by atoms with Gasteiger partial charge >= 0.3 is 0 Å². The monoisotopic (exact) mass is 878 g/mol. The van der Waals surface area contributed by atoms with Crippen molar-refractivity contribution in [3.8, 4) is 0 Å². The summed E-state index contributed by atoms with van der Waals surface area (Å²) in [5.74, 6) is -0.190. The van der Waals surface area contributed by atoms with Crippen molar-refractivity contribution in [2.24, 2.45) is 0 Å². The van der Waals surface area contributed by atoms with Crippen molar-refractivity contribution in [1.29, 1.82) is 0 Å². The molecule has 0 spiro atoms. The summed E-state index contributed by atoms with van der Waals surface area (Å²) >= 11 is 0. The van der Waals surface area contributed by atoms with Crippen LogP contribution in [0.2, 0.25) is 0 Å². The zero-order chi connectivity index (χ0) is 45.1. The molecular weight excluding hydrogens is 779 g/mol. The smallest absolute Gasteiger partial charge is 0.220 e. The van der Waals surface area contributed by atoms with Crippen molar-refractivity contribution in [2.45, 2.75) is 281 Å². The fourth-order valence-electron chi connectivity index (χ4n) is 8.25. The number of ether oxygens (including phenoxy) is 2. The van der Waals surface area contributed by atoms with E-state index in [-0.39, 0.29) is 12.5 Å². The Hall–Kier alpha value is -1.59. The third kappa shape index (κ3) is 33.0. The van der Waals surface area contributed by atoms with E-state index in [2.05, 4.69) is 43.5 Å². The van der Waals surface area contributed by atoms with Gasteiger partial charge in [0.2, 0.25) is 5.91 Å². The van der Waals surface area contributed by atoms with Crippen molar-refractivity contribution < 1.29 is 39.8 Å². The number of unbranched alkanes of at least 4 members (excludes halogenated alkanes) is 30. The van der Waals surface area contributed by atoms with Gasteiger partial charge in [0.05, 0.1) is 25.4 Å². The molecule has 1 saturated heterocycles. The standard InChI is InChI=1S/C53H99NO8/c1-3-5-7-9-11-13-15-17-19-20-21-22-23-24-25-26-27-29-30-32-34-36-38-40-42-47(56)46(45-61-53-52(60)51(59)50(58)48(44-55)62-53)54-49(57)43-41-39-37-35-33-31-28-18-16-14-12-10-8-6-4-2/h12,14,18,28,40,42,46-48,50-53,55-56,58-60H,3-11,13,15-17,19-27,29-39,41,43-45H2,1-2H3,(H,54,57)/b14-12-,28-18-,42-40+. The topological polar surface area (TPSA) is 149 Å². The van der Waals surface area contributed by atoms with Crippen LogP contribution in [-0.4, -0.2) is 87.5 Å². The zero-order valence-corrected chi connectivity index (χ0v) is 40.1. The van der Waals surface area contributed by atoms with Gasteiger partial charge in [0, 0.05) is 6.42 Å². The number of rotatable bonds is 44. The van der Waals surface area contributed by atoms with E-state index < -0.39 is 49.5 Å². The second-order valence-corrected chi connectivity index (χ2v) is 18.3. The Bertz CT molecular complexity index is 1070. The molecule has 0 radical (unpaired) electrons. The van der Waals surface area contributed by atoms with Gasteiger partial charge in [0.15, 0.2) is 6.29 Å². The quantitative estimate of drug-likeness (QED) is 0.0262. The van der Waals surface area contributed by atoms with Gasteiger partial charge in [0.25, 0.3) is 0 Å². The lowest BCUT2D eigenvalue weighted by atomic mass is 9.99. The first-order valence-electron chi connectivity index (χ1n) is 26.2. The van der Waals surface area contributed by atoms with Crippen LogP contribution >= 0.6 is 0 Å². The summed E-state index contributed by atoms with van der Waals surface area (Å²) in [7, 11) is 0. The average molecular weight is 878 g/mol. The highest BCUT2D eigenvalue weighted by Gasteiger charge is 2.44. The second kappa shape index (κ2) is 43.3. The van der Waals surface area contributed by atoms with Gasteiger partial charge in [-0.3, -0.25) is 4.79 Å². The van der Waals surface area contributed by atoms with Crippen molar-refractivity contribution in [3.05, 3.63) is 36.5 Å². The van der Waals surface area contributed by atoms with Crippen LogP contribution in [0.1, 0.15) is 239 Å². The molecule has 0 aromatic heterocycles. The molecule has 7 unspecified atom stereocenters. The van der Waals surface area contributed by atoms with E-state index in [4.69, 9.17) is 9.47 Å². The molecule has 9 nitrogen and oxygen atoms in total. The molecule has 364 valence electrons. The van der Waals surface area contributed by atoms with Crippen molar-refractivity contribution >= 4 is 5.91 Å². The maximum absolute atomic E-state index is 13.0. The maximum atomic E-state index is 13.0. The Labute approximate surface area is 381 Å². The maximum Gasteiger partial charge on any atom is 0.220 e. The lowest BCUT2D eigenvalue weighted by Crippen LogP contribution is -2.60.